The zero-order valence-corrected chi connectivity index (χ0v) is 14.6. The summed E-state index contributed by atoms with van der Waals surface area (Å²) in [5, 5.41) is 0. The van der Waals surface area contributed by atoms with E-state index in [1.807, 2.05) is 0 Å². The first kappa shape index (κ1) is 18.5. The molecule has 6 heteroatoms. The number of carbonyl (C=O) groups excluding carboxylic acids is 3. The number of hydrogen-bond acceptors (Lipinski definition) is 6. The number of rotatable bonds is 6. The molecule has 0 amide bonds. The number of hydrogen-bond donors (Lipinski definition) is 0. The van der Waals surface area contributed by atoms with E-state index in [4.69, 9.17) is 14.2 Å². The van der Waals surface area contributed by atoms with E-state index in [0.29, 0.717) is 19.4 Å². The Bertz CT molecular complexity index is 520. The van der Waals surface area contributed by atoms with Gasteiger partial charge in [0.05, 0.1) is 25.7 Å². The third kappa shape index (κ3) is 3.06. The van der Waals surface area contributed by atoms with Crippen molar-refractivity contribution in [1.82, 2.24) is 0 Å². The van der Waals surface area contributed by atoms with Gasteiger partial charge in [0.15, 0.2) is 5.41 Å². The fourth-order valence-electron chi connectivity index (χ4n) is 4.07. The van der Waals surface area contributed by atoms with Gasteiger partial charge in [0, 0.05) is 0 Å². The van der Waals surface area contributed by atoms with E-state index in [-0.39, 0.29) is 43.4 Å². The van der Waals surface area contributed by atoms with Crippen molar-refractivity contribution < 1.29 is 28.6 Å². The first-order chi connectivity index (χ1) is 11.4. The molecule has 0 aromatic heterocycles. The van der Waals surface area contributed by atoms with Crippen LogP contribution in [0.1, 0.15) is 40.0 Å². The van der Waals surface area contributed by atoms with E-state index in [9.17, 15) is 14.4 Å². The van der Waals surface area contributed by atoms with Gasteiger partial charge in [0.1, 0.15) is 0 Å². The number of ether oxygens (including phenoxy) is 3. The first-order valence-electron chi connectivity index (χ1n) is 8.60. The van der Waals surface area contributed by atoms with Crippen molar-refractivity contribution in [2.45, 2.75) is 40.0 Å². The van der Waals surface area contributed by atoms with Crippen LogP contribution in [0.5, 0.6) is 0 Å². The van der Waals surface area contributed by atoms with Gasteiger partial charge in [-0.1, -0.05) is 12.2 Å². The summed E-state index contributed by atoms with van der Waals surface area (Å²) in [7, 11) is 0. The summed E-state index contributed by atoms with van der Waals surface area (Å²) in [6.45, 7) is 9.91. The molecule has 0 radical (unpaired) electrons. The van der Waals surface area contributed by atoms with E-state index < -0.39 is 17.4 Å². The van der Waals surface area contributed by atoms with Gasteiger partial charge in [-0.2, -0.15) is 0 Å². The Morgan fingerprint density at radius 2 is 1.54 bits per heavy atom. The summed E-state index contributed by atoms with van der Waals surface area (Å²) < 4.78 is 15.5. The molecule has 2 aliphatic carbocycles. The highest BCUT2D eigenvalue weighted by molar-refractivity contribution is 6.00. The zero-order chi connectivity index (χ0) is 17.9. The summed E-state index contributed by atoms with van der Waals surface area (Å²) in [5.41, 5.74) is -0.441. The molecule has 0 aromatic carbocycles. The summed E-state index contributed by atoms with van der Waals surface area (Å²) in [6.07, 6.45) is 1.10. The molecule has 2 rings (SSSR count). The van der Waals surface area contributed by atoms with Crippen LogP contribution >= 0.6 is 0 Å². The Labute approximate surface area is 142 Å². The van der Waals surface area contributed by atoms with E-state index in [1.165, 1.54) is 0 Å². The predicted octanol–water partition coefficient (Wildman–Crippen LogP) is 2.26. The highest BCUT2D eigenvalue weighted by atomic mass is 16.6. The predicted molar refractivity (Wildman–Crippen MR) is 85.8 cm³/mol. The first-order valence-corrected chi connectivity index (χ1v) is 8.60. The average molecular weight is 338 g/mol. The topological polar surface area (TPSA) is 78.9 Å². The van der Waals surface area contributed by atoms with Gasteiger partial charge in [-0.3, -0.25) is 14.4 Å². The minimum Gasteiger partial charge on any atom is -0.466 e. The molecular formula is C18H26O6. The molecule has 134 valence electrons. The largest absolute Gasteiger partial charge is 0.466 e. The van der Waals surface area contributed by atoms with E-state index in [2.05, 4.69) is 6.58 Å². The summed E-state index contributed by atoms with van der Waals surface area (Å²) >= 11 is 0. The molecule has 0 heterocycles. The van der Waals surface area contributed by atoms with Crippen molar-refractivity contribution in [2.24, 2.45) is 23.2 Å². The second kappa shape index (κ2) is 7.36. The Hall–Kier alpha value is -1.85. The highest BCUT2D eigenvalue weighted by Gasteiger charge is 2.62. The molecule has 0 aliphatic heterocycles. The van der Waals surface area contributed by atoms with E-state index in [0.717, 1.165) is 5.57 Å². The Morgan fingerprint density at radius 3 is 2.04 bits per heavy atom. The fourth-order valence-corrected chi connectivity index (χ4v) is 4.07. The van der Waals surface area contributed by atoms with E-state index in [1.54, 1.807) is 20.8 Å². The van der Waals surface area contributed by atoms with Crippen LogP contribution in [0.15, 0.2) is 12.2 Å². The maximum atomic E-state index is 12.6. The summed E-state index contributed by atoms with van der Waals surface area (Å²) in [5.74, 6) is -1.96. The van der Waals surface area contributed by atoms with Crippen LogP contribution in [0.2, 0.25) is 0 Å². The lowest BCUT2D eigenvalue weighted by Gasteiger charge is -2.26. The lowest BCUT2D eigenvalue weighted by Crippen LogP contribution is -2.41. The quantitative estimate of drug-likeness (QED) is 0.320. The van der Waals surface area contributed by atoms with Crippen molar-refractivity contribution >= 4 is 17.9 Å². The fraction of sp³-hybridized carbons (Fsp3) is 0.722. The molecule has 2 aliphatic rings. The van der Waals surface area contributed by atoms with Crippen molar-refractivity contribution in [3.05, 3.63) is 12.2 Å². The van der Waals surface area contributed by atoms with Crippen LogP contribution in [0.25, 0.3) is 0 Å². The highest BCUT2D eigenvalue weighted by Crippen LogP contribution is 2.58. The molecule has 3 atom stereocenters. The molecular weight excluding hydrogens is 312 g/mol. The maximum absolute atomic E-state index is 12.6. The van der Waals surface area contributed by atoms with Crippen LogP contribution in [0, 0.1) is 23.2 Å². The van der Waals surface area contributed by atoms with Crippen molar-refractivity contribution in [3.8, 4) is 0 Å². The number of carbonyl (C=O) groups is 3. The van der Waals surface area contributed by atoms with Gasteiger partial charge in [-0.05, 0) is 51.9 Å². The Balaban J connectivity index is 2.30. The number of allylic oxidation sites excluding steroid dienone is 1. The second-order valence-corrected chi connectivity index (χ2v) is 6.42. The minimum absolute atomic E-state index is 0.0618. The third-order valence-electron chi connectivity index (χ3n) is 5.11. The molecule has 0 spiro atoms. The Morgan fingerprint density at radius 1 is 1.00 bits per heavy atom. The van der Waals surface area contributed by atoms with Crippen molar-refractivity contribution in [1.29, 1.82) is 0 Å². The summed E-state index contributed by atoms with van der Waals surface area (Å²) in [4.78, 5) is 37.3. The minimum atomic E-state index is -1.34. The molecule has 2 fully saturated rings. The standard InChI is InChI=1S/C18H26O6/c1-5-22-15(19)12-8-11(4)13-9-18(10-14(12)13,16(20)23-6-2)17(21)24-7-3/h12-14H,4-10H2,1-3H3/t12-,13+,14-/m0/s1. The van der Waals surface area contributed by atoms with E-state index >= 15 is 0 Å². The van der Waals surface area contributed by atoms with Crippen molar-refractivity contribution in [2.75, 3.05) is 19.8 Å². The van der Waals surface area contributed by atoms with Gasteiger partial charge in [-0.25, -0.2) is 0 Å². The lowest BCUT2D eigenvalue weighted by atomic mass is 9.81. The molecule has 0 bridgehead atoms. The molecule has 0 saturated heterocycles. The average Bonchev–Trinajstić information content (AvgIpc) is 3.07. The summed E-state index contributed by atoms with van der Waals surface area (Å²) in [6, 6.07) is 0. The molecule has 24 heavy (non-hydrogen) atoms. The van der Waals surface area contributed by atoms with Gasteiger partial charge < -0.3 is 14.2 Å². The Kier molecular flexibility index (Phi) is 5.67. The number of esters is 3. The van der Waals surface area contributed by atoms with Gasteiger partial charge >= 0.3 is 17.9 Å². The third-order valence-corrected chi connectivity index (χ3v) is 5.11. The van der Waals surface area contributed by atoms with Crippen molar-refractivity contribution in [3.63, 3.8) is 0 Å². The normalized spacial score (nSPS) is 27.5. The molecule has 0 aromatic rings. The molecule has 0 unspecified atom stereocenters. The SMILES string of the molecule is C=C1C[C@H](C(=O)OCC)[C@@H]2CC(C(=O)OCC)(C(=O)OCC)C[C@H]12. The monoisotopic (exact) mass is 338 g/mol. The number of fused-ring (bicyclic) bond motifs is 1. The zero-order valence-electron chi connectivity index (χ0n) is 14.6. The molecule has 0 N–H and O–H groups in total. The smallest absolute Gasteiger partial charge is 0.323 e. The van der Waals surface area contributed by atoms with Crippen LogP contribution < -0.4 is 0 Å². The molecule has 2 saturated carbocycles. The molecule has 6 nitrogen and oxygen atoms in total. The van der Waals surface area contributed by atoms with Crippen LogP contribution in [0.3, 0.4) is 0 Å². The lowest BCUT2D eigenvalue weighted by molar-refractivity contribution is -0.172. The second-order valence-electron chi connectivity index (χ2n) is 6.42. The van der Waals surface area contributed by atoms with Crippen LogP contribution in [0.4, 0.5) is 0 Å². The van der Waals surface area contributed by atoms with Gasteiger partial charge in [-0.15, -0.1) is 0 Å². The maximum Gasteiger partial charge on any atom is 0.323 e. The van der Waals surface area contributed by atoms with Crippen LogP contribution in [-0.4, -0.2) is 37.7 Å². The van der Waals surface area contributed by atoms with Gasteiger partial charge in [0.2, 0.25) is 0 Å². The van der Waals surface area contributed by atoms with Gasteiger partial charge in [0.25, 0.3) is 0 Å². The van der Waals surface area contributed by atoms with Crippen LogP contribution in [-0.2, 0) is 28.6 Å².